The SMILES string of the molecule is Cc1oc2c(C(N)=O)cccc2c1-c1nc2c(c(NCc3cccc(B(O)O)c3)n1)COCC2. The summed E-state index contributed by atoms with van der Waals surface area (Å²) in [5.74, 6) is 1.15. The van der Waals surface area contributed by atoms with E-state index >= 15 is 0 Å². The van der Waals surface area contributed by atoms with Crippen LogP contribution in [0.15, 0.2) is 46.9 Å². The van der Waals surface area contributed by atoms with Crippen LogP contribution in [0.3, 0.4) is 0 Å². The van der Waals surface area contributed by atoms with Gasteiger partial charge < -0.3 is 30.3 Å². The van der Waals surface area contributed by atoms with Crippen LogP contribution in [-0.2, 0) is 24.3 Å². The molecule has 1 amide bonds. The molecule has 2 aromatic carbocycles. The summed E-state index contributed by atoms with van der Waals surface area (Å²) in [5.41, 5.74) is 10.0. The molecule has 4 aromatic rings. The van der Waals surface area contributed by atoms with Crippen molar-refractivity contribution >= 4 is 35.3 Å². The van der Waals surface area contributed by atoms with Crippen molar-refractivity contribution in [3.8, 4) is 11.4 Å². The largest absolute Gasteiger partial charge is 0.488 e. The molecule has 0 fully saturated rings. The minimum Gasteiger partial charge on any atom is -0.460 e. The second-order valence-corrected chi connectivity index (χ2v) is 8.18. The minimum atomic E-state index is -1.53. The average Bonchev–Trinajstić information content (AvgIpc) is 3.18. The van der Waals surface area contributed by atoms with Crippen molar-refractivity contribution in [2.24, 2.45) is 5.73 Å². The number of aryl methyl sites for hydroxylation is 1. The number of hydrogen-bond acceptors (Lipinski definition) is 8. The number of hydrogen-bond donors (Lipinski definition) is 4. The summed E-state index contributed by atoms with van der Waals surface area (Å²) in [7, 11) is -1.53. The molecule has 1 aliphatic rings. The molecule has 0 saturated heterocycles. The number of carbonyl (C=O) groups excluding carboxylic acids is 1. The van der Waals surface area contributed by atoms with Gasteiger partial charge in [-0.15, -0.1) is 0 Å². The number of furan rings is 1. The summed E-state index contributed by atoms with van der Waals surface area (Å²) in [6.07, 6.45) is 0.646. The molecule has 0 spiro atoms. The van der Waals surface area contributed by atoms with Gasteiger partial charge in [-0.25, -0.2) is 9.97 Å². The predicted octanol–water partition coefficient (Wildman–Crippen LogP) is 1.66. The van der Waals surface area contributed by atoms with Crippen LogP contribution in [0, 0.1) is 6.92 Å². The van der Waals surface area contributed by atoms with Crippen LogP contribution in [-0.4, -0.2) is 39.6 Å². The molecule has 0 aliphatic carbocycles. The number of nitrogens with two attached hydrogens (primary N) is 1. The molecule has 5 rings (SSSR count). The van der Waals surface area contributed by atoms with Crippen molar-refractivity contribution in [1.29, 1.82) is 0 Å². The number of benzene rings is 2. The Morgan fingerprint density at radius 1 is 1.21 bits per heavy atom. The highest BCUT2D eigenvalue weighted by atomic mass is 16.5. The Morgan fingerprint density at radius 2 is 2.03 bits per heavy atom. The number of fused-ring (bicyclic) bond motifs is 2. The molecule has 1 aliphatic heterocycles. The van der Waals surface area contributed by atoms with E-state index in [1.54, 1.807) is 30.3 Å². The van der Waals surface area contributed by atoms with Crippen molar-refractivity contribution in [2.75, 3.05) is 11.9 Å². The smallest absolute Gasteiger partial charge is 0.460 e. The predicted molar refractivity (Wildman–Crippen MR) is 127 cm³/mol. The lowest BCUT2D eigenvalue weighted by atomic mass is 9.79. The van der Waals surface area contributed by atoms with Crippen LogP contribution >= 0.6 is 0 Å². The first-order valence-corrected chi connectivity index (χ1v) is 10.9. The first kappa shape index (κ1) is 22.1. The second kappa shape index (κ2) is 8.90. The molecule has 0 bridgehead atoms. The molecule has 0 saturated carbocycles. The van der Waals surface area contributed by atoms with Gasteiger partial charge in [0.1, 0.15) is 17.2 Å². The zero-order valence-corrected chi connectivity index (χ0v) is 18.5. The van der Waals surface area contributed by atoms with E-state index in [1.807, 2.05) is 19.1 Å². The van der Waals surface area contributed by atoms with E-state index in [9.17, 15) is 14.8 Å². The third-order valence-corrected chi connectivity index (χ3v) is 5.91. The minimum absolute atomic E-state index is 0.308. The molecular formula is C24H23BN4O5. The topological polar surface area (TPSA) is 144 Å². The number of amides is 1. The van der Waals surface area contributed by atoms with Gasteiger partial charge in [0.2, 0.25) is 0 Å². The number of carbonyl (C=O) groups is 1. The standard InChI is InChI=1S/C24H23BN4O5/c1-13-20(16-6-3-7-17(22(26)30)21(16)34-13)24-28-19-8-9-33-12-18(19)23(29-24)27-11-14-4-2-5-15(10-14)25(31)32/h2-7,10,31-32H,8-9,11-12H2,1H3,(H2,26,30)(H,27,28,29). The zero-order valence-electron chi connectivity index (χ0n) is 18.5. The maximum Gasteiger partial charge on any atom is 0.488 e. The highest BCUT2D eigenvalue weighted by molar-refractivity contribution is 6.58. The fourth-order valence-corrected chi connectivity index (χ4v) is 4.25. The van der Waals surface area contributed by atoms with Gasteiger partial charge >= 0.3 is 7.12 Å². The molecule has 0 unspecified atom stereocenters. The van der Waals surface area contributed by atoms with E-state index in [4.69, 9.17) is 24.9 Å². The number of primary amides is 1. The van der Waals surface area contributed by atoms with Gasteiger partial charge in [0.25, 0.3) is 5.91 Å². The number of nitrogens with zero attached hydrogens (tertiary/aromatic N) is 2. The van der Waals surface area contributed by atoms with Crippen molar-refractivity contribution < 1.29 is 24.0 Å². The van der Waals surface area contributed by atoms with Gasteiger partial charge in [0.15, 0.2) is 5.82 Å². The molecule has 34 heavy (non-hydrogen) atoms. The molecule has 3 heterocycles. The molecule has 172 valence electrons. The Morgan fingerprint density at radius 3 is 2.82 bits per heavy atom. The summed E-state index contributed by atoms with van der Waals surface area (Å²) >= 11 is 0. The second-order valence-electron chi connectivity index (χ2n) is 8.18. The normalized spacial score (nSPS) is 13.0. The Labute approximate surface area is 195 Å². The zero-order chi connectivity index (χ0) is 23.8. The van der Waals surface area contributed by atoms with Gasteiger partial charge in [-0.05, 0) is 24.0 Å². The van der Waals surface area contributed by atoms with E-state index < -0.39 is 13.0 Å². The van der Waals surface area contributed by atoms with Gasteiger partial charge in [-0.3, -0.25) is 4.79 Å². The van der Waals surface area contributed by atoms with Crippen LogP contribution in [0.2, 0.25) is 0 Å². The third-order valence-electron chi connectivity index (χ3n) is 5.91. The first-order valence-electron chi connectivity index (χ1n) is 10.9. The lowest BCUT2D eigenvalue weighted by Crippen LogP contribution is -2.30. The molecule has 9 nitrogen and oxygen atoms in total. The highest BCUT2D eigenvalue weighted by Crippen LogP contribution is 2.36. The van der Waals surface area contributed by atoms with Gasteiger partial charge in [0.05, 0.1) is 30.0 Å². The van der Waals surface area contributed by atoms with Crippen LogP contribution in [0.5, 0.6) is 0 Å². The first-order chi connectivity index (χ1) is 16.4. The lowest BCUT2D eigenvalue weighted by molar-refractivity contribution is 0.100. The molecule has 0 radical (unpaired) electrons. The molecule has 0 atom stereocenters. The quantitative estimate of drug-likeness (QED) is 0.320. The van der Waals surface area contributed by atoms with Crippen molar-refractivity contribution in [1.82, 2.24) is 9.97 Å². The summed E-state index contributed by atoms with van der Waals surface area (Å²) in [6.45, 7) is 3.19. The van der Waals surface area contributed by atoms with Crippen LogP contribution in [0.4, 0.5) is 5.82 Å². The van der Waals surface area contributed by atoms with Crippen LogP contribution in [0.25, 0.3) is 22.4 Å². The maximum absolute atomic E-state index is 11.9. The summed E-state index contributed by atoms with van der Waals surface area (Å²) < 4.78 is 11.6. The average molecular weight is 458 g/mol. The van der Waals surface area contributed by atoms with Crippen LogP contribution < -0.4 is 16.5 Å². The Bertz CT molecular complexity index is 1400. The summed E-state index contributed by atoms with van der Waals surface area (Å²) in [6, 6.07) is 12.3. The Kier molecular flexibility index (Phi) is 5.78. The number of ether oxygens (including phenoxy) is 1. The van der Waals surface area contributed by atoms with E-state index in [0.29, 0.717) is 65.8 Å². The maximum atomic E-state index is 11.9. The summed E-state index contributed by atoms with van der Waals surface area (Å²) in [4.78, 5) is 21.5. The Hall–Kier alpha value is -3.73. The van der Waals surface area contributed by atoms with Crippen molar-refractivity contribution in [2.45, 2.75) is 26.5 Å². The molecular weight excluding hydrogens is 435 g/mol. The fourth-order valence-electron chi connectivity index (χ4n) is 4.25. The summed E-state index contributed by atoms with van der Waals surface area (Å²) in [5, 5.41) is 23.0. The number of anilines is 1. The number of para-hydroxylation sites is 1. The number of aromatic nitrogens is 2. The monoisotopic (exact) mass is 458 g/mol. The number of rotatable bonds is 6. The van der Waals surface area contributed by atoms with E-state index in [1.165, 1.54) is 0 Å². The van der Waals surface area contributed by atoms with Gasteiger partial charge in [0, 0.05) is 23.9 Å². The van der Waals surface area contributed by atoms with Gasteiger partial charge in [-0.1, -0.05) is 36.4 Å². The van der Waals surface area contributed by atoms with E-state index in [2.05, 4.69) is 5.32 Å². The van der Waals surface area contributed by atoms with E-state index in [-0.39, 0.29) is 0 Å². The lowest BCUT2D eigenvalue weighted by Gasteiger charge is -2.20. The van der Waals surface area contributed by atoms with E-state index in [0.717, 1.165) is 22.2 Å². The molecule has 5 N–H and O–H groups in total. The Balaban J connectivity index is 1.57. The fraction of sp³-hybridized carbons (Fsp3) is 0.208. The van der Waals surface area contributed by atoms with Gasteiger partial charge in [-0.2, -0.15) is 0 Å². The molecule has 10 heteroatoms. The molecule has 2 aromatic heterocycles. The van der Waals surface area contributed by atoms with Crippen molar-refractivity contribution in [3.63, 3.8) is 0 Å². The third kappa shape index (κ3) is 4.03. The highest BCUT2D eigenvalue weighted by Gasteiger charge is 2.24. The number of nitrogens with one attached hydrogen (secondary N) is 1. The van der Waals surface area contributed by atoms with Crippen LogP contribution in [0.1, 0.15) is 32.9 Å². The van der Waals surface area contributed by atoms with Crippen molar-refractivity contribution in [3.05, 3.63) is 70.6 Å².